The van der Waals surface area contributed by atoms with Gasteiger partial charge in [0.1, 0.15) is 0 Å². The van der Waals surface area contributed by atoms with E-state index in [1.807, 2.05) is 13.8 Å². The highest BCUT2D eigenvalue weighted by Crippen LogP contribution is 2.07. The highest BCUT2D eigenvalue weighted by Gasteiger charge is 2.10. The van der Waals surface area contributed by atoms with E-state index in [0.29, 0.717) is 12.8 Å². The average molecular weight is 189 g/mol. The molecule has 0 aromatic rings. The van der Waals surface area contributed by atoms with Crippen molar-refractivity contribution in [3.05, 3.63) is 0 Å². The van der Waals surface area contributed by atoms with Gasteiger partial charge >= 0.3 is 0 Å². The van der Waals surface area contributed by atoms with E-state index in [4.69, 9.17) is 5.11 Å². The first-order valence-corrected chi connectivity index (χ1v) is 4.63. The lowest BCUT2D eigenvalue weighted by Crippen LogP contribution is -2.27. The molecule has 0 saturated carbocycles. The van der Waals surface area contributed by atoms with E-state index in [1.54, 1.807) is 0 Å². The summed E-state index contributed by atoms with van der Waals surface area (Å²) in [6.45, 7) is 4.07. The van der Waals surface area contributed by atoms with Gasteiger partial charge in [0.2, 0.25) is 5.91 Å². The summed E-state index contributed by atoms with van der Waals surface area (Å²) in [6.07, 6.45) is 0.383. The van der Waals surface area contributed by atoms with Gasteiger partial charge < -0.3 is 15.5 Å². The van der Waals surface area contributed by atoms with Crippen molar-refractivity contribution >= 4 is 5.91 Å². The highest BCUT2D eigenvalue weighted by molar-refractivity contribution is 5.75. The van der Waals surface area contributed by atoms with Crippen LogP contribution in [-0.2, 0) is 4.79 Å². The monoisotopic (exact) mass is 189 g/mol. The number of carbonyl (C=O) groups excluding carboxylic acids is 1. The summed E-state index contributed by atoms with van der Waals surface area (Å²) < 4.78 is 0. The zero-order chi connectivity index (χ0) is 10.3. The molecule has 1 amide bonds. The van der Waals surface area contributed by atoms with Crippen molar-refractivity contribution < 1.29 is 15.0 Å². The van der Waals surface area contributed by atoms with Crippen molar-refractivity contribution in [2.75, 3.05) is 13.2 Å². The zero-order valence-electron chi connectivity index (χ0n) is 8.29. The molecule has 4 nitrogen and oxygen atoms in total. The van der Waals surface area contributed by atoms with Crippen LogP contribution in [0.25, 0.3) is 0 Å². The third-order valence-corrected chi connectivity index (χ3v) is 1.87. The average Bonchev–Trinajstić information content (AvgIpc) is 2.10. The zero-order valence-corrected chi connectivity index (χ0v) is 8.29. The van der Waals surface area contributed by atoms with Gasteiger partial charge in [-0.1, -0.05) is 13.8 Å². The van der Waals surface area contributed by atoms with Gasteiger partial charge in [0.05, 0.1) is 12.7 Å². The minimum Gasteiger partial charge on any atom is -0.395 e. The van der Waals surface area contributed by atoms with Crippen molar-refractivity contribution in [3.8, 4) is 0 Å². The Morgan fingerprint density at radius 3 is 2.54 bits per heavy atom. The van der Waals surface area contributed by atoms with Crippen LogP contribution in [0.2, 0.25) is 0 Å². The Morgan fingerprint density at radius 2 is 2.08 bits per heavy atom. The molecule has 0 aliphatic carbocycles. The topological polar surface area (TPSA) is 69.6 Å². The van der Waals surface area contributed by atoms with Crippen LogP contribution in [0.15, 0.2) is 0 Å². The Morgan fingerprint density at radius 1 is 1.46 bits per heavy atom. The number of carbonyl (C=O) groups is 1. The number of rotatable bonds is 6. The number of hydrogen-bond acceptors (Lipinski definition) is 3. The second-order valence-corrected chi connectivity index (χ2v) is 3.42. The molecule has 0 spiro atoms. The predicted octanol–water partition coefficient (Wildman–Crippen LogP) is -0.108. The second-order valence-electron chi connectivity index (χ2n) is 3.42. The lowest BCUT2D eigenvalue weighted by molar-refractivity contribution is -0.121. The fourth-order valence-corrected chi connectivity index (χ4v) is 0.896. The van der Waals surface area contributed by atoms with Crippen LogP contribution < -0.4 is 5.32 Å². The summed E-state index contributed by atoms with van der Waals surface area (Å²) in [5, 5.41) is 20.3. The van der Waals surface area contributed by atoms with Crippen LogP contribution in [0.3, 0.4) is 0 Å². The molecule has 13 heavy (non-hydrogen) atoms. The molecule has 0 saturated heterocycles. The summed E-state index contributed by atoms with van der Waals surface area (Å²) in [5.41, 5.74) is 0. The standard InChI is InChI=1S/C9H19NO3/c1-7(2)8(12)3-4-9(13)10-5-6-11/h7-8,11-12H,3-6H2,1-2H3,(H,10,13). The number of hydrogen-bond donors (Lipinski definition) is 3. The maximum absolute atomic E-state index is 11.0. The van der Waals surface area contributed by atoms with Gasteiger partial charge in [-0.25, -0.2) is 0 Å². The fraction of sp³-hybridized carbons (Fsp3) is 0.889. The van der Waals surface area contributed by atoms with Crippen LogP contribution in [-0.4, -0.2) is 35.4 Å². The second kappa shape index (κ2) is 6.86. The van der Waals surface area contributed by atoms with E-state index in [0.717, 1.165) is 0 Å². The molecule has 0 aromatic carbocycles. The summed E-state index contributed by atoms with van der Waals surface area (Å²) in [7, 11) is 0. The van der Waals surface area contributed by atoms with Gasteiger partial charge in [0.15, 0.2) is 0 Å². The first kappa shape index (κ1) is 12.4. The molecule has 0 aliphatic heterocycles. The first-order chi connectivity index (χ1) is 6.07. The summed E-state index contributed by atoms with van der Waals surface area (Å²) >= 11 is 0. The molecule has 4 heteroatoms. The molecule has 1 atom stereocenters. The van der Waals surface area contributed by atoms with Crippen LogP contribution in [0.1, 0.15) is 26.7 Å². The predicted molar refractivity (Wildman–Crippen MR) is 50.2 cm³/mol. The van der Waals surface area contributed by atoms with Crippen molar-refractivity contribution in [2.24, 2.45) is 5.92 Å². The van der Waals surface area contributed by atoms with E-state index >= 15 is 0 Å². The quantitative estimate of drug-likeness (QED) is 0.546. The van der Waals surface area contributed by atoms with Gasteiger partial charge in [-0.2, -0.15) is 0 Å². The maximum atomic E-state index is 11.0. The Labute approximate surface area is 79.0 Å². The summed E-state index contributed by atoms with van der Waals surface area (Å²) in [6, 6.07) is 0. The first-order valence-electron chi connectivity index (χ1n) is 4.63. The van der Waals surface area contributed by atoms with Crippen LogP contribution >= 0.6 is 0 Å². The largest absolute Gasteiger partial charge is 0.395 e. The van der Waals surface area contributed by atoms with E-state index in [-0.39, 0.29) is 25.0 Å². The number of nitrogens with one attached hydrogen (secondary N) is 1. The van der Waals surface area contributed by atoms with Crippen LogP contribution in [0.5, 0.6) is 0 Å². The van der Waals surface area contributed by atoms with Gasteiger partial charge in [-0.3, -0.25) is 4.79 Å². The van der Waals surface area contributed by atoms with E-state index < -0.39 is 6.10 Å². The van der Waals surface area contributed by atoms with Crippen LogP contribution in [0, 0.1) is 5.92 Å². The van der Waals surface area contributed by atoms with E-state index in [9.17, 15) is 9.90 Å². The Hall–Kier alpha value is -0.610. The molecular formula is C9H19NO3. The van der Waals surface area contributed by atoms with E-state index in [2.05, 4.69) is 5.32 Å². The summed E-state index contributed by atoms with van der Waals surface area (Å²) in [4.78, 5) is 11.0. The highest BCUT2D eigenvalue weighted by atomic mass is 16.3. The Bertz CT molecular complexity index is 148. The molecule has 0 fully saturated rings. The molecule has 3 N–H and O–H groups in total. The SMILES string of the molecule is CC(C)C(O)CCC(=O)NCCO. The number of aliphatic hydroxyl groups is 2. The molecule has 0 heterocycles. The third-order valence-electron chi connectivity index (χ3n) is 1.87. The molecular weight excluding hydrogens is 170 g/mol. The molecule has 78 valence electrons. The Balaban J connectivity index is 3.46. The van der Waals surface area contributed by atoms with Gasteiger partial charge in [0, 0.05) is 13.0 Å². The molecule has 0 aliphatic rings. The third kappa shape index (κ3) is 6.54. The Kier molecular flexibility index (Phi) is 6.54. The number of amides is 1. The molecule has 0 aromatic heterocycles. The normalized spacial score (nSPS) is 13.0. The molecule has 0 bridgehead atoms. The minimum atomic E-state index is -0.417. The van der Waals surface area contributed by atoms with Gasteiger partial charge in [-0.05, 0) is 12.3 Å². The van der Waals surface area contributed by atoms with E-state index in [1.165, 1.54) is 0 Å². The fourth-order valence-electron chi connectivity index (χ4n) is 0.896. The molecule has 1 unspecified atom stereocenters. The van der Waals surface area contributed by atoms with Crippen molar-refractivity contribution in [3.63, 3.8) is 0 Å². The maximum Gasteiger partial charge on any atom is 0.220 e. The summed E-state index contributed by atoms with van der Waals surface area (Å²) in [5.74, 6) is 0.0689. The molecule has 0 radical (unpaired) electrons. The lowest BCUT2D eigenvalue weighted by atomic mass is 10.0. The molecule has 0 rings (SSSR count). The van der Waals surface area contributed by atoms with Crippen molar-refractivity contribution in [1.82, 2.24) is 5.32 Å². The smallest absolute Gasteiger partial charge is 0.220 e. The van der Waals surface area contributed by atoms with Gasteiger partial charge in [0.25, 0.3) is 0 Å². The minimum absolute atomic E-state index is 0.0432. The van der Waals surface area contributed by atoms with Gasteiger partial charge in [-0.15, -0.1) is 0 Å². The lowest BCUT2D eigenvalue weighted by Gasteiger charge is -2.13. The number of aliphatic hydroxyl groups excluding tert-OH is 2. The van der Waals surface area contributed by atoms with Crippen molar-refractivity contribution in [2.45, 2.75) is 32.8 Å². The van der Waals surface area contributed by atoms with Crippen molar-refractivity contribution in [1.29, 1.82) is 0 Å². The van der Waals surface area contributed by atoms with Crippen LogP contribution in [0.4, 0.5) is 0 Å².